The Kier molecular flexibility index (Phi) is 5.13. The number of hydrogen-bond acceptors (Lipinski definition) is 5. The Hall–Kier alpha value is -3.11. The third-order valence-electron chi connectivity index (χ3n) is 4.91. The summed E-state index contributed by atoms with van der Waals surface area (Å²) in [6.45, 7) is -0.366. The van der Waals surface area contributed by atoms with Crippen molar-refractivity contribution < 1.29 is 14.3 Å². The van der Waals surface area contributed by atoms with Crippen LogP contribution in [0.3, 0.4) is 0 Å². The number of carbonyl (C=O) groups is 2. The normalized spacial score (nSPS) is 13.0. The lowest BCUT2D eigenvalue weighted by molar-refractivity contribution is -0.146. The Morgan fingerprint density at radius 3 is 2.93 bits per heavy atom. The minimum Gasteiger partial charge on any atom is -0.455 e. The van der Waals surface area contributed by atoms with Crippen molar-refractivity contribution in [1.29, 1.82) is 5.26 Å². The van der Waals surface area contributed by atoms with Crippen LogP contribution >= 0.6 is 11.3 Å². The van der Waals surface area contributed by atoms with E-state index in [9.17, 15) is 14.9 Å². The summed E-state index contributed by atoms with van der Waals surface area (Å²) in [4.78, 5) is 28.6. The van der Waals surface area contributed by atoms with Gasteiger partial charge < -0.3 is 15.0 Å². The Morgan fingerprint density at radius 1 is 1.25 bits per heavy atom. The first-order chi connectivity index (χ1) is 13.7. The monoisotopic (exact) mass is 393 g/mol. The highest BCUT2D eigenvalue weighted by Crippen LogP contribution is 2.37. The van der Waals surface area contributed by atoms with Gasteiger partial charge in [0.25, 0.3) is 5.91 Å². The number of carbonyl (C=O) groups excluding carboxylic acids is 2. The van der Waals surface area contributed by atoms with Gasteiger partial charge in [-0.3, -0.25) is 9.59 Å². The smallest absolute Gasteiger partial charge is 0.310 e. The van der Waals surface area contributed by atoms with Crippen molar-refractivity contribution >= 4 is 39.1 Å². The lowest BCUT2D eigenvalue weighted by atomic mass is 9.96. The minimum absolute atomic E-state index is 0.0913. The fourth-order valence-corrected chi connectivity index (χ4v) is 4.82. The number of anilines is 1. The summed E-state index contributed by atoms with van der Waals surface area (Å²) < 4.78 is 5.13. The maximum absolute atomic E-state index is 12.2. The van der Waals surface area contributed by atoms with Crippen LogP contribution < -0.4 is 5.32 Å². The molecule has 2 heterocycles. The van der Waals surface area contributed by atoms with Crippen LogP contribution in [-0.2, 0) is 33.6 Å². The summed E-state index contributed by atoms with van der Waals surface area (Å²) in [5.41, 5.74) is 3.40. The molecule has 6 nitrogen and oxygen atoms in total. The van der Waals surface area contributed by atoms with Crippen LogP contribution in [0.15, 0.2) is 30.5 Å². The average Bonchev–Trinajstić information content (AvgIpc) is 3.27. The highest BCUT2D eigenvalue weighted by Gasteiger charge is 2.22. The average molecular weight is 393 g/mol. The Labute approximate surface area is 166 Å². The summed E-state index contributed by atoms with van der Waals surface area (Å²) in [6, 6.07) is 9.90. The molecular weight excluding hydrogens is 374 g/mol. The molecule has 0 atom stereocenters. The number of aryl methyl sites for hydroxylation is 1. The van der Waals surface area contributed by atoms with Gasteiger partial charge in [-0.1, -0.05) is 18.2 Å². The Bertz CT molecular complexity index is 1090. The van der Waals surface area contributed by atoms with Crippen molar-refractivity contribution in [1.82, 2.24) is 4.98 Å². The fourth-order valence-electron chi connectivity index (χ4n) is 3.57. The molecule has 1 amide bonds. The molecule has 1 aliphatic rings. The summed E-state index contributed by atoms with van der Waals surface area (Å²) >= 11 is 1.46. The molecule has 1 aliphatic carbocycles. The van der Waals surface area contributed by atoms with E-state index in [1.807, 2.05) is 24.3 Å². The molecule has 0 bridgehead atoms. The van der Waals surface area contributed by atoms with Crippen molar-refractivity contribution in [3.8, 4) is 6.07 Å². The van der Waals surface area contributed by atoms with Crippen LogP contribution in [-0.4, -0.2) is 23.5 Å². The zero-order valence-corrected chi connectivity index (χ0v) is 16.0. The largest absolute Gasteiger partial charge is 0.455 e. The zero-order chi connectivity index (χ0) is 19.5. The summed E-state index contributed by atoms with van der Waals surface area (Å²) in [7, 11) is 0. The van der Waals surface area contributed by atoms with Gasteiger partial charge in [-0.2, -0.15) is 5.26 Å². The number of fused-ring (bicyclic) bond motifs is 2. The van der Waals surface area contributed by atoms with Crippen molar-refractivity contribution in [2.75, 3.05) is 11.9 Å². The zero-order valence-electron chi connectivity index (χ0n) is 15.2. The second-order valence-corrected chi connectivity index (χ2v) is 7.88. The van der Waals surface area contributed by atoms with E-state index < -0.39 is 11.9 Å². The van der Waals surface area contributed by atoms with Gasteiger partial charge in [0, 0.05) is 22.0 Å². The topological polar surface area (TPSA) is 95.0 Å². The molecule has 3 aromatic rings. The van der Waals surface area contributed by atoms with Gasteiger partial charge in [-0.05, 0) is 42.9 Å². The fraction of sp³-hybridized carbons (Fsp3) is 0.286. The number of aromatic nitrogens is 1. The lowest BCUT2D eigenvalue weighted by Crippen LogP contribution is -2.21. The van der Waals surface area contributed by atoms with Gasteiger partial charge >= 0.3 is 5.97 Å². The number of ether oxygens (including phenoxy) is 1. The van der Waals surface area contributed by atoms with E-state index >= 15 is 0 Å². The molecule has 7 heteroatoms. The number of amides is 1. The standard InChI is InChI=1S/C21H19N3O3S/c22-10-16-15-6-2-4-8-18(15)28-21(16)24-19(25)12-27-20(26)9-13-11-23-17-7-3-1-5-14(13)17/h1,3,5,7,11,23H,2,4,6,8-9,12H2,(H,24,25). The third-order valence-corrected chi connectivity index (χ3v) is 6.12. The van der Waals surface area contributed by atoms with E-state index in [4.69, 9.17) is 4.74 Å². The van der Waals surface area contributed by atoms with E-state index in [-0.39, 0.29) is 13.0 Å². The number of rotatable bonds is 5. The number of nitrogens with one attached hydrogen (secondary N) is 2. The molecule has 142 valence electrons. The number of hydrogen-bond donors (Lipinski definition) is 2. The molecule has 4 rings (SSSR count). The Balaban J connectivity index is 1.35. The molecule has 0 fully saturated rings. The van der Waals surface area contributed by atoms with E-state index in [0.717, 1.165) is 47.7 Å². The van der Waals surface area contributed by atoms with Crippen LogP contribution in [0.25, 0.3) is 10.9 Å². The van der Waals surface area contributed by atoms with Crippen molar-refractivity contribution in [2.24, 2.45) is 0 Å². The highest BCUT2D eigenvalue weighted by atomic mass is 32.1. The van der Waals surface area contributed by atoms with Crippen LogP contribution in [0.2, 0.25) is 0 Å². The quantitative estimate of drug-likeness (QED) is 0.646. The first-order valence-electron chi connectivity index (χ1n) is 9.21. The Morgan fingerprint density at radius 2 is 2.07 bits per heavy atom. The third kappa shape index (κ3) is 3.64. The second kappa shape index (κ2) is 7.87. The number of aromatic amines is 1. The molecule has 0 unspecified atom stereocenters. The molecule has 0 radical (unpaired) electrons. The summed E-state index contributed by atoms with van der Waals surface area (Å²) in [6.07, 6.45) is 5.87. The number of esters is 1. The van der Waals surface area contributed by atoms with Gasteiger partial charge in [-0.25, -0.2) is 0 Å². The molecule has 0 saturated heterocycles. The number of thiophene rings is 1. The predicted octanol–water partition coefficient (Wildman–Crippen LogP) is 3.70. The van der Waals surface area contributed by atoms with Crippen LogP contribution in [0.5, 0.6) is 0 Å². The van der Waals surface area contributed by atoms with Gasteiger partial charge in [-0.15, -0.1) is 11.3 Å². The maximum atomic E-state index is 12.2. The molecule has 0 aliphatic heterocycles. The van der Waals surface area contributed by atoms with Crippen molar-refractivity contribution in [2.45, 2.75) is 32.1 Å². The molecular formula is C21H19N3O3S. The van der Waals surface area contributed by atoms with Gasteiger partial charge in [0.1, 0.15) is 11.1 Å². The summed E-state index contributed by atoms with van der Waals surface area (Å²) in [5.74, 6) is -0.895. The SMILES string of the molecule is N#Cc1c(NC(=O)COC(=O)Cc2c[nH]c3ccccc23)sc2c1CCCC2. The number of nitrogens with zero attached hydrogens (tertiary/aromatic N) is 1. The van der Waals surface area contributed by atoms with Crippen LogP contribution in [0.4, 0.5) is 5.00 Å². The number of benzene rings is 1. The van der Waals surface area contributed by atoms with Crippen LogP contribution in [0.1, 0.15) is 34.4 Å². The highest BCUT2D eigenvalue weighted by molar-refractivity contribution is 7.16. The van der Waals surface area contributed by atoms with E-state index in [2.05, 4.69) is 16.4 Å². The molecule has 0 saturated carbocycles. The molecule has 0 spiro atoms. The van der Waals surface area contributed by atoms with Crippen LogP contribution in [0, 0.1) is 11.3 Å². The first kappa shape index (κ1) is 18.3. The molecule has 2 N–H and O–H groups in total. The second-order valence-electron chi connectivity index (χ2n) is 6.77. The van der Waals surface area contributed by atoms with Gasteiger partial charge in [0.2, 0.25) is 0 Å². The maximum Gasteiger partial charge on any atom is 0.310 e. The summed E-state index contributed by atoms with van der Waals surface area (Å²) in [5, 5.41) is 13.7. The molecule has 1 aromatic carbocycles. The molecule has 2 aromatic heterocycles. The predicted molar refractivity (Wildman–Crippen MR) is 107 cm³/mol. The first-order valence-corrected chi connectivity index (χ1v) is 10.0. The van der Waals surface area contributed by atoms with Crippen molar-refractivity contribution in [3.63, 3.8) is 0 Å². The lowest BCUT2D eigenvalue weighted by Gasteiger charge is -2.09. The van der Waals surface area contributed by atoms with E-state index in [0.29, 0.717) is 10.6 Å². The van der Waals surface area contributed by atoms with Gasteiger partial charge in [0.05, 0.1) is 12.0 Å². The number of H-pyrrole nitrogens is 1. The van der Waals surface area contributed by atoms with E-state index in [1.165, 1.54) is 16.2 Å². The number of para-hydroxylation sites is 1. The minimum atomic E-state index is -0.467. The molecule has 28 heavy (non-hydrogen) atoms. The van der Waals surface area contributed by atoms with Gasteiger partial charge in [0.15, 0.2) is 6.61 Å². The number of nitriles is 1. The van der Waals surface area contributed by atoms with E-state index in [1.54, 1.807) is 6.20 Å². The van der Waals surface area contributed by atoms with Crippen molar-refractivity contribution in [3.05, 3.63) is 52.0 Å².